The highest BCUT2D eigenvalue weighted by Gasteiger charge is 2.28. The second-order valence-corrected chi connectivity index (χ2v) is 5.08. The minimum Gasteiger partial charge on any atom is -0.338 e. The summed E-state index contributed by atoms with van der Waals surface area (Å²) in [5.74, 6) is -3.82. The summed E-state index contributed by atoms with van der Waals surface area (Å²) in [5.41, 5.74) is 4.81. The van der Waals surface area contributed by atoms with Gasteiger partial charge in [-0.2, -0.15) is 0 Å². The molecule has 1 aliphatic rings. The van der Waals surface area contributed by atoms with Crippen LogP contribution in [0, 0.1) is 23.4 Å². The number of hydrogen-bond donors (Lipinski definition) is 1. The molecule has 0 radical (unpaired) electrons. The Morgan fingerprint density at radius 1 is 1.29 bits per heavy atom. The van der Waals surface area contributed by atoms with Crippen LogP contribution in [0.4, 0.5) is 13.2 Å². The summed E-state index contributed by atoms with van der Waals surface area (Å²) in [6.07, 6.45) is 2.51. The van der Waals surface area contributed by atoms with Crippen molar-refractivity contribution in [3.05, 3.63) is 35.1 Å². The van der Waals surface area contributed by atoms with E-state index in [2.05, 4.69) is 0 Å². The summed E-state index contributed by atoms with van der Waals surface area (Å²) in [7, 11) is 0. The van der Waals surface area contributed by atoms with Crippen LogP contribution in [0.3, 0.4) is 0 Å². The summed E-state index contributed by atoms with van der Waals surface area (Å²) in [5, 5.41) is 0. The monoisotopic (exact) mass is 322 g/mol. The average molecular weight is 323 g/mol. The van der Waals surface area contributed by atoms with Gasteiger partial charge < -0.3 is 10.6 Å². The summed E-state index contributed by atoms with van der Waals surface area (Å²) in [4.78, 5) is 13.6. The maximum absolute atomic E-state index is 13.6. The van der Waals surface area contributed by atoms with Gasteiger partial charge in [0.2, 0.25) is 0 Å². The second kappa shape index (κ2) is 7.66. The van der Waals surface area contributed by atoms with Crippen molar-refractivity contribution >= 4 is 18.3 Å². The Morgan fingerprint density at radius 2 is 1.90 bits per heavy atom. The molecule has 118 valence electrons. The van der Waals surface area contributed by atoms with E-state index in [9.17, 15) is 18.0 Å². The molecule has 1 fully saturated rings. The fraction of sp³-hybridized carbons (Fsp3) is 0.500. The normalized spacial score (nSPS) is 18.3. The van der Waals surface area contributed by atoms with Crippen LogP contribution in [0.2, 0.25) is 0 Å². The van der Waals surface area contributed by atoms with Crippen molar-refractivity contribution in [2.45, 2.75) is 19.3 Å². The van der Waals surface area contributed by atoms with Crippen LogP contribution >= 0.6 is 12.4 Å². The van der Waals surface area contributed by atoms with E-state index in [1.165, 1.54) is 4.90 Å². The highest BCUT2D eigenvalue weighted by Crippen LogP contribution is 2.23. The zero-order chi connectivity index (χ0) is 14.7. The molecule has 7 heteroatoms. The lowest BCUT2D eigenvalue weighted by Crippen LogP contribution is -2.41. The van der Waals surface area contributed by atoms with E-state index in [0.717, 1.165) is 19.3 Å². The minimum atomic E-state index is -1.16. The molecular weight excluding hydrogens is 305 g/mol. The molecule has 1 aromatic carbocycles. The lowest BCUT2D eigenvalue weighted by atomic mass is 9.94. The van der Waals surface area contributed by atoms with Crippen LogP contribution in [0.15, 0.2) is 12.1 Å². The van der Waals surface area contributed by atoms with Gasteiger partial charge in [-0.25, -0.2) is 13.2 Å². The molecule has 0 aliphatic carbocycles. The summed E-state index contributed by atoms with van der Waals surface area (Å²) in [6, 6.07) is 1.05. The molecule has 1 atom stereocenters. The smallest absolute Gasteiger partial charge is 0.259 e. The number of hydrogen-bond acceptors (Lipinski definition) is 2. The van der Waals surface area contributed by atoms with E-state index in [1.54, 1.807) is 0 Å². The number of halogens is 4. The Kier molecular flexibility index (Phi) is 6.48. The van der Waals surface area contributed by atoms with Crippen molar-refractivity contribution in [3.63, 3.8) is 0 Å². The Bertz CT molecular complexity index is 488. The number of benzene rings is 1. The predicted octanol–water partition coefficient (Wildman–Crippen LogP) is 2.73. The molecule has 1 aromatic rings. The molecular formula is C14H18ClF3N2O. The first-order chi connectivity index (χ1) is 9.52. The molecule has 1 unspecified atom stereocenters. The fourth-order valence-electron chi connectivity index (χ4n) is 2.63. The van der Waals surface area contributed by atoms with Gasteiger partial charge in [-0.15, -0.1) is 12.4 Å². The van der Waals surface area contributed by atoms with Gasteiger partial charge in [0.15, 0.2) is 0 Å². The molecule has 1 saturated heterocycles. The van der Waals surface area contributed by atoms with Crippen LogP contribution in [0.5, 0.6) is 0 Å². The quantitative estimate of drug-likeness (QED) is 0.930. The van der Waals surface area contributed by atoms with Crippen LogP contribution in [-0.2, 0) is 0 Å². The Balaban J connectivity index is 0.00000220. The number of nitrogens with two attached hydrogens (primary N) is 1. The van der Waals surface area contributed by atoms with Crippen LogP contribution in [0.1, 0.15) is 29.6 Å². The fourth-order valence-corrected chi connectivity index (χ4v) is 2.63. The Hall–Kier alpha value is -1.27. The highest BCUT2D eigenvalue weighted by molar-refractivity contribution is 5.94. The molecule has 1 amide bonds. The first-order valence-electron chi connectivity index (χ1n) is 6.66. The zero-order valence-corrected chi connectivity index (χ0v) is 12.3. The Labute approximate surface area is 127 Å². The lowest BCUT2D eigenvalue weighted by molar-refractivity contribution is 0.0659. The topological polar surface area (TPSA) is 46.3 Å². The zero-order valence-electron chi connectivity index (χ0n) is 11.4. The number of likely N-dealkylation sites (tertiary alicyclic amines) is 1. The number of nitrogens with zero attached hydrogens (tertiary/aromatic N) is 1. The maximum Gasteiger partial charge on any atom is 0.259 e. The molecule has 21 heavy (non-hydrogen) atoms. The van der Waals surface area contributed by atoms with Gasteiger partial charge in [0.05, 0.1) is 0 Å². The number of carbonyl (C=O) groups is 1. The van der Waals surface area contributed by atoms with Gasteiger partial charge in [-0.05, 0) is 31.7 Å². The maximum atomic E-state index is 13.6. The van der Waals surface area contributed by atoms with Gasteiger partial charge in [0.25, 0.3) is 5.91 Å². The first kappa shape index (κ1) is 17.8. The van der Waals surface area contributed by atoms with Gasteiger partial charge in [-0.3, -0.25) is 4.79 Å². The molecule has 0 aromatic heterocycles. The molecule has 1 aliphatic heterocycles. The van der Waals surface area contributed by atoms with Crippen molar-refractivity contribution in [2.24, 2.45) is 11.7 Å². The van der Waals surface area contributed by atoms with E-state index in [4.69, 9.17) is 5.73 Å². The van der Waals surface area contributed by atoms with Gasteiger partial charge in [0.1, 0.15) is 23.0 Å². The van der Waals surface area contributed by atoms with Crippen molar-refractivity contribution in [2.75, 3.05) is 19.6 Å². The number of piperidine rings is 1. The van der Waals surface area contributed by atoms with E-state index >= 15 is 0 Å². The lowest BCUT2D eigenvalue weighted by Gasteiger charge is -2.32. The van der Waals surface area contributed by atoms with E-state index in [1.807, 2.05) is 0 Å². The third kappa shape index (κ3) is 4.11. The van der Waals surface area contributed by atoms with E-state index < -0.39 is 28.9 Å². The van der Waals surface area contributed by atoms with Crippen molar-refractivity contribution in [1.29, 1.82) is 0 Å². The summed E-state index contributed by atoms with van der Waals surface area (Å²) >= 11 is 0. The third-order valence-corrected chi connectivity index (χ3v) is 3.60. The largest absolute Gasteiger partial charge is 0.338 e. The van der Waals surface area contributed by atoms with Crippen molar-refractivity contribution in [1.82, 2.24) is 4.90 Å². The SMILES string of the molecule is Cl.NCCC1CCCN(C(=O)c2c(F)cc(F)cc2F)C1. The average Bonchev–Trinajstić information content (AvgIpc) is 2.38. The van der Waals surface area contributed by atoms with Gasteiger partial charge >= 0.3 is 0 Å². The predicted molar refractivity (Wildman–Crippen MR) is 75.9 cm³/mol. The molecule has 0 bridgehead atoms. The van der Waals surface area contributed by atoms with Crippen molar-refractivity contribution in [3.8, 4) is 0 Å². The minimum absolute atomic E-state index is 0. The van der Waals surface area contributed by atoms with E-state index in [0.29, 0.717) is 31.8 Å². The number of amides is 1. The molecule has 0 saturated carbocycles. The van der Waals surface area contributed by atoms with Crippen molar-refractivity contribution < 1.29 is 18.0 Å². The second-order valence-electron chi connectivity index (χ2n) is 5.08. The molecule has 1 heterocycles. The summed E-state index contributed by atoms with van der Waals surface area (Å²) < 4.78 is 40.1. The molecule has 0 spiro atoms. The standard InChI is InChI=1S/C14H17F3N2O.ClH/c15-10-6-11(16)13(12(17)7-10)14(20)19-5-1-2-9(8-19)3-4-18;/h6-7,9H,1-5,8,18H2;1H. The van der Waals surface area contributed by atoms with Crippen LogP contribution in [-0.4, -0.2) is 30.4 Å². The highest BCUT2D eigenvalue weighted by atomic mass is 35.5. The molecule has 3 nitrogen and oxygen atoms in total. The van der Waals surface area contributed by atoms with Gasteiger partial charge in [-0.1, -0.05) is 0 Å². The number of carbonyl (C=O) groups excluding carboxylic acids is 1. The van der Waals surface area contributed by atoms with Crippen LogP contribution < -0.4 is 5.73 Å². The third-order valence-electron chi connectivity index (χ3n) is 3.60. The molecule has 2 N–H and O–H groups in total. The number of rotatable bonds is 3. The van der Waals surface area contributed by atoms with E-state index in [-0.39, 0.29) is 18.3 Å². The van der Waals surface area contributed by atoms with Crippen LogP contribution in [0.25, 0.3) is 0 Å². The summed E-state index contributed by atoms with van der Waals surface area (Å²) in [6.45, 7) is 1.41. The Morgan fingerprint density at radius 3 is 2.48 bits per heavy atom. The van der Waals surface area contributed by atoms with Gasteiger partial charge in [0, 0.05) is 25.2 Å². The first-order valence-corrected chi connectivity index (χ1v) is 6.66. The molecule has 2 rings (SSSR count).